The second-order valence-corrected chi connectivity index (χ2v) is 6.39. The third kappa shape index (κ3) is 4.20. The molecule has 3 rings (SSSR count). The van der Waals surface area contributed by atoms with Crippen molar-refractivity contribution in [1.29, 1.82) is 0 Å². The highest BCUT2D eigenvalue weighted by Crippen LogP contribution is 2.33. The van der Waals surface area contributed by atoms with Gasteiger partial charge in [-0.15, -0.1) is 0 Å². The third-order valence-corrected chi connectivity index (χ3v) is 3.99. The van der Waals surface area contributed by atoms with Crippen molar-refractivity contribution in [1.82, 2.24) is 10.4 Å². The zero-order valence-corrected chi connectivity index (χ0v) is 15.1. The van der Waals surface area contributed by atoms with Gasteiger partial charge >= 0.3 is 12.0 Å². The first-order valence-corrected chi connectivity index (χ1v) is 8.24. The van der Waals surface area contributed by atoms with E-state index in [0.29, 0.717) is 11.4 Å². The van der Waals surface area contributed by atoms with Gasteiger partial charge in [-0.2, -0.15) is 0 Å². The summed E-state index contributed by atoms with van der Waals surface area (Å²) in [4.78, 5) is 24.3. The van der Waals surface area contributed by atoms with Crippen LogP contribution in [0.5, 0.6) is 0 Å². The second kappa shape index (κ2) is 7.28. The van der Waals surface area contributed by atoms with E-state index < -0.39 is 29.6 Å². The van der Waals surface area contributed by atoms with Crippen molar-refractivity contribution >= 4 is 17.7 Å². The molecule has 144 valence electrons. The summed E-state index contributed by atoms with van der Waals surface area (Å²) >= 11 is 0. The summed E-state index contributed by atoms with van der Waals surface area (Å²) in [5.41, 5.74) is 3.33. The first kappa shape index (κ1) is 18.7. The molecule has 2 N–H and O–H groups in total. The van der Waals surface area contributed by atoms with Gasteiger partial charge in [0.25, 0.3) is 0 Å². The Morgan fingerprint density at radius 2 is 2.00 bits per heavy atom. The predicted octanol–water partition coefficient (Wildman–Crippen LogP) is 2.27. The van der Waals surface area contributed by atoms with Crippen molar-refractivity contribution < 1.29 is 28.2 Å². The number of methoxy groups -OCH3 is 1. The van der Waals surface area contributed by atoms with Gasteiger partial charge in [-0.05, 0) is 30.3 Å². The molecule has 2 heterocycles. The number of carbonyl (C=O) groups is 2. The van der Waals surface area contributed by atoms with Gasteiger partial charge in [-0.3, -0.25) is 5.01 Å². The number of halogens is 1. The summed E-state index contributed by atoms with van der Waals surface area (Å²) in [5, 5.41) is 4.06. The molecule has 0 aromatic heterocycles. The fraction of sp³-hybridized carbons (Fsp3) is 0.333. The number of anilines is 1. The number of hydrogen-bond donors (Lipinski definition) is 2. The summed E-state index contributed by atoms with van der Waals surface area (Å²) in [7, 11) is 1.28. The minimum absolute atomic E-state index is 0.185. The van der Waals surface area contributed by atoms with Gasteiger partial charge in [0.2, 0.25) is 5.79 Å². The van der Waals surface area contributed by atoms with E-state index in [9.17, 15) is 14.0 Å². The number of rotatable bonds is 3. The van der Waals surface area contributed by atoms with Gasteiger partial charge in [0, 0.05) is 25.7 Å². The quantitative estimate of drug-likeness (QED) is 0.786. The Labute approximate surface area is 155 Å². The van der Waals surface area contributed by atoms with Crippen molar-refractivity contribution in [3.8, 4) is 0 Å². The number of esters is 1. The van der Waals surface area contributed by atoms with E-state index in [-0.39, 0.29) is 12.2 Å². The number of hydrazine groups is 1. The van der Waals surface area contributed by atoms with Crippen LogP contribution in [0.4, 0.5) is 14.9 Å². The van der Waals surface area contributed by atoms with Crippen molar-refractivity contribution in [3.05, 3.63) is 53.7 Å². The van der Waals surface area contributed by atoms with Crippen LogP contribution in [0.3, 0.4) is 0 Å². The van der Waals surface area contributed by atoms with Gasteiger partial charge in [0.05, 0.1) is 13.7 Å². The van der Waals surface area contributed by atoms with Crippen molar-refractivity contribution in [2.24, 2.45) is 0 Å². The lowest BCUT2D eigenvalue weighted by Gasteiger charge is -2.43. The minimum Gasteiger partial charge on any atom is -0.465 e. The van der Waals surface area contributed by atoms with Crippen molar-refractivity contribution in [2.45, 2.75) is 25.7 Å². The molecule has 0 spiro atoms. The Hall–Kier alpha value is -3.07. The van der Waals surface area contributed by atoms with Crippen LogP contribution in [-0.2, 0) is 19.0 Å². The Balaban J connectivity index is 1.75. The maximum atomic E-state index is 13.0. The van der Waals surface area contributed by atoms with Gasteiger partial charge in [0.15, 0.2) is 0 Å². The highest BCUT2D eigenvalue weighted by Gasteiger charge is 2.41. The molecule has 1 atom stereocenters. The van der Waals surface area contributed by atoms with Crippen LogP contribution in [0.25, 0.3) is 0 Å². The molecule has 0 aliphatic carbocycles. The molecular weight excluding hydrogens is 357 g/mol. The largest absolute Gasteiger partial charge is 0.465 e. The number of amides is 2. The van der Waals surface area contributed by atoms with E-state index in [1.807, 2.05) is 0 Å². The van der Waals surface area contributed by atoms with E-state index in [4.69, 9.17) is 14.2 Å². The number of carbonyl (C=O) groups excluding carboxylic acids is 2. The van der Waals surface area contributed by atoms with Gasteiger partial charge in [0.1, 0.15) is 23.2 Å². The Bertz CT molecular complexity index is 804. The Kier molecular flexibility index (Phi) is 5.04. The van der Waals surface area contributed by atoms with Gasteiger partial charge in [-0.1, -0.05) is 0 Å². The lowest BCUT2D eigenvalue weighted by Crippen LogP contribution is -2.55. The average Bonchev–Trinajstić information content (AvgIpc) is 2.62. The molecule has 1 aromatic rings. The molecule has 0 saturated carbocycles. The normalized spacial score (nSPS) is 20.4. The van der Waals surface area contributed by atoms with E-state index in [1.165, 1.54) is 48.7 Å². The summed E-state index contributed by atoms with van der Waals surface area (Å²) in [6.45, 7) is 3.63. The first-order valence-electron chi connectivity index (χ1n) is 8.24. The van der Waals surface area contributed by atoms with Crippen LogP contribution >= 0.6 is 0 Å². The topological polar surface area (TPSA) is 89.1 Å². The van der Waals surface area contributed by atoms with Crippen LogP contribution in [0.2, 0.25) is 0 Å². The number of urea groups is 1. The SMILES string of the molecule is COC(=O)C1=C2OC(C)(C)OCC2N(NC(=O)Nc2ccc(F)cc2)C=C1. The molecule has 1 saturated heterocycles. The zero-order valence-electron chi connectivity index (χ0n) is 15.1. The molecule has 8 nitrogen and oxygen atoms in total. The Morgan fingerprint density at radius 1 is 1.30 bits per heavy atom. The number of fused-ring (bicyclic) bond motifs is 1. The molecule has 1 unspecified atom stereocenters. The number of nitrogens with one attached hydrogen (secondary N) is 2. The molecule has 2 aliphatic rings. The van der Waals surface area contributed by atoms with Crippen LogP contribution in [0.15, 0.2) is 47.9 Å². The summed E-state index contributed by atoms with van der Waals surface area (Å²) in [5.74, 6) is -1.51. The van der Waals surface area contributed by atoms with E-state index in [1.54, 1.807) is 13.8 Å². The number of ether oxygens (including phenoxy) is 3. The lowest BCUT2D eigenvalue weighted by molar-refractivity contribution is -0.234. The number of benzene rings is 1. The van der Waals surface area contributed by atoms with Crippen molar-refractivity contribution in [2.75, 3.05) is 19.0 Å². The monoisotopic (exact) mass is 377 g/mol. The highest BCUT2D eigenvalue weighted by atomic mass is 19.1. The molecule has 2 aliphatic heterocycles. The van der Waals surface area contributed by atoms with Crippen LogP contribution in [0.1, 0.15) is 13.8 Å². The summed E-state index contributed by atoms with van der Waals surface area (Å²) in [6.07, 6.45) is 3.02. The van der Waals surface area contributed by atoms with Gasteiger partial charge < -0.3 is 19.5 Å². The zero-order chi connectivity index (χ0) is 19.6. The Morgan fingerprint density at radius 3 is 2.67 bits per heavy atom. The predicted molar refractivity (Wildman–Crippen MR) is 93.5 cm³/mol. The molecule has 1 fully saturated rings. The summed E-state index contributed by atoms with van der Waals surface area (Å²) in [6, 6.07) is 4.27. The highest BCUT2D eigenvalue weighted by molar-refractivity contribution is 5.93. The molecule has 0 bridgehead atoms. The first-order chi connectivity index (χ1) is 12.8. The second-order valence-electron chi connectivity index (χ2n) is 6.39. The number of hydrogen-bond acceptors (Lipinski definition) is 6. The van der Waals surface area contributed by atoms with Crippen LogP contribution in [0, 0.1) is 5.82 Å². The maximum absolute atomic E-state index is 13.0. The van der Waals surface area contributed by atoms with Crippen LogP contribution < -0.4 is 10.7 Å². The molecular formula is C18H20FN3O5. The van der Waals surface area contributed by atoms with E-state index in [2.05, 4.69) is 10.7 Å². The standard InChI is InChI=1S/C18H20FN3O5/c1-18(2)26-10-14-15(27-18)13(16(23)25-3)8-9-22(14)21-17(24)20-12-6-4-11(19)5-7-12/h4-9,14H,10H2,1-3H3,(H2,20,21,24). The fourth-order valence-electron chi connectivity index (χ4n) is 2.70. The van der Waals surface area contributed by atoms with E-state index in [0.717, 1.165) is 0 Å². The molecule has 27 heavy (non-hydrogen) atoms. The molecule has 0 radical (unpaired) electrons. The van der Waals surface area contributed by atoms with Crippen LogP contribution in [-0.4, -0.2) is 42.6 Å². The number of nitrogens with zero attached hydrogens (tertiary/aromatic N) is 1. The minimum atomic E-state index is -0.918. The average molecular weight is 377 g/mol. The molecule has 1 aromatic carbocycles. The van der Waals surface area contributed by atoms with Crippen molar-refractivity contribution in [3.63, 3.8) is 0 Å². The molecule has 2 amide bonds. The fourth-order valence-corrected chi connectivity index (χ4v) is 2.70. The lowest BCUT2D eigenvalue weighted by atomic mass is 10.0. The maximum Gasteiger partial charge on any atom is 0.341 e. The third-order valence-electron chi connectivity index (χ3n) is 3.99. The smallest absolute Gasteiger partial charge is 0.341 e. The molecule has 9 heteroatoms. The van der Waals surface area contributed by atoms with Gasteiger partial charge in [-0.25, -0.2) is 19.4 Å². The van der Waals surface area contributed by atoms with E-state index >= 15 is 0 Å². The summed E-state index contributed by atoms with van der Waals surface area (Å²) < 4.78 is 29.2.